The lowest BCUT2D eigenvalue weighted by atomic mass is 10.4. The normalized spacial score (nSPS) is 20.2. The summed E-state index contributed by atoms with van der Waals surface area (Å²) in [5.41, 5.74) is 0. The van der Waals surface area contributed by atoms with E-state index in [1.807, 2.05) is 6.92 Å². The van der Waals surface area contributed by atoms with E-state index < -0.39 is 0 Å². The maximum absolute atomic E-state index is 11.1. The number of piperazine rings is 1. The molecule has 0 spiro atoms. The van der Waals surface area contributed by atoms with Crippen molar-refractivity contribution >= 4 is 6.09 Å². The Morgan fingerprint density at radius 2 is 1.71 bits per heavy atom. The number of carbonyl (C=O) groups excluding carboxylic acids is 1. The Hall–Kier alpha value is -0.850. The summed E-state index contributed by atoms with van der Waals surface area (Å²) in [4.78, 5) is 12.8. The molecule has 0 saturated carbocycles. The lowest BCUT2D eigenvalue weighted by Crippen LogP contribution is -2.46. The topological polar surface area (TPSA) is 60.0 Å². The van der Waals surface area contributed by atoms with E-state index in [0.717, 1.165) is 52.6 Å². The molecule has 0 aromatic carbocycles. The summed E-state index contributed by atoms with van der Waals surface area (Å²) in [6.07, 6.45) is -0.186. The number of ether oxygens (including phenoxy) is 3. The predicted molar refractivity (Wildman–Crippen MR) is 63.1 cm³/mol. The van der Waals surface area contributed by atoms with Gasteiger partial charge in [-0.05, 0) is 6.92 Å². The van der Waals surface area contributed by atoms with Crippen molar-refractivity contribution in [2.24, 2.45) is 0 Å². The molecule has 17 heavy (non-hydrogen) atoms. The Kier molecular flexibility index (Phi) is 7.70. The van der Waals surface area contributed by atoms with Crippen LogP contribution in [0.15, 0.2) is 0 Å². The molecule has 0 aromatic heterocycles. The van der Waals surface area contributed by atoms with Gasteiger partial charge in [0.05, 0.1) is 33.0 Å². The zero-order chi connectivity index (χ0) is 12.3. The highest BCUT2D eigenvalue weighted by atomic mass is 16.6. The van der Waals surface area contributed by atoms with Crippen LogP contribution in [0.4, 0.5) is 4.79 Å². The lowest BCUT2D eigenvalue weighted by molar-refractivity contribution is -0.0334. The summed E-state index contributed by atoms with van der Waals surface area (Å²) in [6.45, 7) is 8.66. The van der Waals surface area contributed by atoms with E-state index in [-0.39, 0.29) is 6.09 Å². The first-order chi connectivity index (χ1) is 8.34. The number of nitrogens with one attached hydrogen (secondary N) is 1. The summed E-state index contributed by atoms with van der Waals surface area (Å²) < 4.78 is 14.7. The molecular formula is C11H22N2O4. The van der Waals surface area contributed by atoms with Crippen LogP contribution in [-0.4, -0.2) is 70.2 Å². The van der Waals surface area contributed by atoms with Crippen molar-refractivity contribution in [3.63, 3.8) is 0 Å². The van der Waals surface area contributed by atoms with Gasteiger partial charge in [0, 0.05) is 26.2 Å². The van der Waals surface area contributed by atoms with Crippen molar-refractivity contribution in [1.82, 2.24) is 10.2 Å². The van der Waals surface area contributed by atoms with Gasteiger partial charge in [-0.25, -0.2) is 4.79 Å². The fourth-order valence-electron chi connectivity index (χ4n) is 1.50. The van der Waals surface area contributed by atoms with Crippen LogP contribution < -0.4 is 5.32 Å². The molecule has 2 fully saturated rings. The number of rotatable bonds is 1. The predicted octanol–water partition coefficient (Wildman–Crippen LogP) is 0.0813. The molecule has 2 rings (SSSR count). The molecule has 2 saturated heterocycles. The van der Waals surface area contributed by atoms with E-state index >= 15 is 0 Å². The molecule has 2 aliphatic heterocycles. The van der Waals surface area contributed by atoms with E-state index in [1.165, 1.54) is 0 Å². The van der Waals surface area contributed by atoms with Crippen molar-refractivity contribution in [2.75, 3.05) is 59.2 Å². The highest BCUT2D eigenvalue weighted by molar-refractivity contribution is 5.67. The molecule has 0 radical (unpaired) electrons. The van der Waals surface area contributed by atoms with Crippen LogP contribution in [0.2, 0.25) is 0 Å². The Balaban J connectivity index is 0.000000202. The molecule has 0 bridgehead atoms. The third kappa shape index (κ3) is 6.45. The van der Waals surface area contributed by atoms with E-state index in [1.54, 1.807) is 4.90 Å². The van der Waals surface area contributed by atoms with Gasteiger partial charge in [-0.2, -0.15) is 0 Å². The van der Waals surface area contributed by atoms with Crippen LogP contribution in [0.1, 0.15) is 6.92 Å². The Morgan fingerprint density at radius 3 is 2.12 bits per heavy atom. The van der Waals surface area contributed by atoms with E-state index in [2.05, 4.69) is 5.32 Å². The van der Waals surface area contributed by atoms with Crippen LogP contribution in [0.3, 0.4) is 0 Å². The molecule has 0 aliphatic carbocycles. The molecule has 2 aliphatic rings. The standard InChI is InChI=1S/C7H14N2O2.C4H8O2/c1-2-11-7(10)9-5-3-8-4-6-9;1-2-6-4-3-5-1/h8H,2-6H2,1H3;1-4H2. The summed E-state index contributed by atoms with van der Waals surface area (Å²) >= 11 is 0. The second-order valence-corrected chi connectivity index (χ2v) is 3.66. The largest absolute Gasteiger partial charge is 0.450 e. The van der Waals surface area contributed by atoms with E-state index in [4.69, 9.17) is 14.2 Å². The number of carbonyl (C=O) groups is 1. The van der Waals surface area contributed by atoms with Gasteiger partial charge in [0.25, 0.3) is 0 Å². The monoisotopic (exact) mass is 246 g/mol. The fraction of sp³-hybridized carbons (Fsp3) is 0.909. The molecule has 0 aromatic rings. The summed E-state index contributed by atoms with van der Waals surface area (Å²) in [6, 6.07) is 0. The fourth-order valence-corrected chi connectivity index (χ4v) is 1.50. The lowest BCUT2D eigenvalue weighted by Gasteiger charge is -2.26. The van der Waals surface area contributed by atoms with Crippen molar-refractivity contribution in [2.45, 2.75) is 6.92 Å². The molecule has 0 atom stereocenters. The second-order valence-electron chi connectivity index (χ2n) is 3.66. The number of hydrogen-bond acceptors (Lipinski definition) is 5. The first kappa shape index (κ1) is 14.2. The smallest absolute Gasteiger partial charge is 0.409 e. The molecule has 2 heterocycles. The minimum absolute atomic E-state index is 0.186. The van der Waals surface area contributed by atoms with Gasteiger partial charge >= 0.3 is 6.09 Å². The van der Waals surface area contributed by atoms with Crippen molar-refractivity contribution in [3.05, 3.63) is 0 Å². The van der Waals surface area contributed by atoms with Crippen LogP contribution in [-0.2, 0) is 14.2 Å². The highest BCUT2D eigenvalue weighted by Crippen LogP contribution is 1.95. The first-order valence-corrected chi connectivity index (χ1v) is 6.12. The SMILES string of the molecule is C1COCCO1.CCOC(=O)N1CCNCC1. The maximum atomic E-state index is 11.1. The van der Waals surface area contributed by atoms with Crippen LogP contribution >= 0.6 is 0 Å². The Labute approximate surface area is 102 Å². The average Bonchev–Trinajstić information content (AvgIpc) is 2.43. The molecule has 6 nitrogen and oxygen atoms in total. The average molecular weight is 246 g/mol. The van der Waals surface area contributed by atoms with Crippen LogP contribution in [0.5, 0.6) is 0 Å². The number of hydrogen-bond donors (Lipinski definition) is 1. The number of nitrogens with zero attached hydrogens (tertiary/aromatic N) is 1. The number of amides is 1. The molecule has 6 heteroatoms. The van der Waals surface area contributed by atoms with E-state index in [9.17, 15) is 4.79 Å². The zero-order valence-corrected chi connectivity index (χ0v) is 10.4. The minimum atomic E-state index is -0.186. The Morgan fingerprint density at radius 1 is 1.18 bits per heavy atom. The van der Waals surface area contributed by atoms with Crippen LogP contribution in [0, 0.1) is 0 Å². The van der Waals surface area contributed by atoms with Gasteiger partial charge in [-0.3, -0.25) is 0 Å². The quantitative estimate of drug-likeness (QED) is 0.710. The summed E-state index contributed by atoms with van der Waals surface area (Å²) in [5, 5.41) is 3.16. The van der Waals surface area contributed by atoms with Gasteiger partial charge < -0.3 is 24.4 Å². The van der Waals surface area contributed by atoms with Gasteiger partial charge in [-0.1, -0.05) is 0 Å². The van der Waals surface area contributed by atoms with Gasteiger partial charge in [0.1, 0.15) is 0 Å². The van der Waals surface area contributed by atoms with Gasteiger partial charge in [0.2, 0.25) is 0 Å². The van der Waals surface area contributed by atoms with Crippen molar-refractivity contribution in [3.8, 4) is 0 Å². The third-order valence-corrected chi connectivity index (χ3v) is 2.39. The zero-order valence-electron chi connectivity index (χ0n) is 10.4. The van der Waals surface area contributed by atoms with E-state index in [0.29, 0.717) is 6.61 Å². The van der Waals surface area contributed by atoms with Crippen molar-refractivity contribution < 1.29 is 19.0 Å². The maximum Gasteiger partial charge on any atom is 0.409 e. The van der Waals surface area contributed by atoms with Gasteiger partial charge in [0.15, 0.2) is 0 Å². The molecule has 100 valence electrons. The molecule has 1 N–H and O–H groups in total. The minimum Gasteiger partial charge on any atom is -0.450 e. The summed E-state index contributed by atoms with van der Waals surface area (Å²) in [7, 11) is 0. The summed E-state index contributed by atoms with van der Waals surface area (Å²) in [5.74, 6) is 0. The van der Waals surface area contributed by atoms with Crippen molar-refractivity contribution in [1.29, 1.82) is 0 Å². The Bertz CT molecular complexity index is 192. The molecule has 0 unspecified atom stereocenters. The molecule has 1 amide bonds. The molecular weight excluding hydrogens is 224 g/mol. The highest BCUT2D eigenvalue weighted by Gasteiger charge is 2.15. The van der Waals surface area contributed by atoms with Gasteiger partial charge in [-0.15, -0.1) is 0 Å². The third-order valence-electron chi connectivity index (χ3n) is 2.39. The second kappa shape index (κ2) is 9.21. The first-order valence-electron chi connectivity index (χ1n) is 6.12. The van der Waals surface area contributed by atoms with Crippen LogP contribution in [0.25, 0.3) is 0 Å².